The molecule has 2 aromatic carbocycles. The monoisotopic (exact) mass is 383 g/mol. The van der Waals surface area contributed by atoms with Crippen LogP contribution in [-0.4, -0.2) is 14.2 Å². The highest BCUT2D eigenvalue weighted by atomic mass is 127. The first kappa shape index (κ1) is 15.0. The van der Waals surface area contributed by atoms with Gasteiger partial charge in [-0.05, 0) is 59.8 Å². The van der Waals surface area contributed by atoms with Crippen LogP contribution in [0.1, 0.15) is 18.5 Å². The van der Waals surface area contributed by atoms with Gasteiger partial charge in [-0.2, -0.15) is 0 Å². The van der Waals surface area contributed by atoms with Gasteiger partial charge in [0.05, 0.1) is 20.3 Å². The SMILES string of the molecule is COc1ccc(C(C)Nc2cccc(I)c2)c(OC)c1. The Labute approximate surface area is 133 Å². The second kappa shape index (κ2) is 6.83. The summed E-state index contributed by atoms with van der Waals surface area (Å²) < 4.78 is 11.9. The molecular weight excluding hydrogens is 365 g/mol. The predicted molar refractivity (Wildman–Crippen MR) is 90.7 cm³/mol. The van der Waals surface area contributed by atoms with E-state index in [-0.39, 0.29) is 6.04 Å². The van der Waals surface area contributed by atoms with Gasteiger partial charge >= 0.3 is 0 Å². The van der Waals surface area contributed by atoms with E-state index >= 15 is 0 Å². The molecule has 4 heteroatoms. The number of anilines is 1. The number of hydrogen-bond acceptors (Lipinski definition) is 3. The average Bonchev–Trinajstić information content (AvgIpc) is 2.46. The van der Waals surface area contributed by atoms with E-state index in [1.165, 1.54) is 3.57 Å². The molecule has 1 N–H and O–H groups in total. The van der Waals surface area contributed by atoms with E-state index in [1.807, 2.05) is 24.3 Å². The normalized spacial score (nSPS) is 11.8. The maximum Gasteiger partial charge on any atom is 0.127 e. The topological polar surface area (TPSA) is 30.5 Å². The van der Waals surface area contributed by atoms with Crippen molar-refractivity contribution in [1.82, 2.24) is 0 Å². The molecule has 0 spiro atoms. The summed E-state index contributed by atoms with van der Waals surface area (Å²) >= 11 is 2.31. The molecule has 20 heavy (non-hydrogen) atoms. The highest BCUT2D eigenvalue weighted by Crippen LogP contribution is 2.31. The highest BCUT2D eigenvalue weighted by molar-refractivity contribution is 14.1. The fourth-order valence-corrected chi connectivity index (χ4v) is 2.63. The van der Waals surface area contributed by atoms with Crippen molar-refractivity contribution in [3.05, 3.63) is 51.6 Å². The van der Waals surface area contributed by atoms with Crippen molar-refractivity contribution in [2.45, 2.75) is 13.0 Å². The lowest BCUT2D eigenvalue weighted by Gasteiger charge is -2.19. The van der Waals surface area contributed by atoms with Crippen LogP contribution in [0.2, 0.25) is 0 Å². The minimum absolute atomic E-state index is 0.147. The van der Waals surface area contributed by atoms with Crippen LogP contribution in [-0.2, 0) is 0 Å². The van der Waals surface area contributed by atoms with Gasteiger partial charge in [0.2, 0.25) is 0 Å². The first-order chi connectivity index (χ1) is 9.63. The molecule has 0 radical (unpaired) electrons. The van der Waals surface area contributed by atoms with E-state index in [4.69, 9.17) is 9.47 Å². The molecule has 2 aromatic rings. The van der Waals surface area contributed by atoms with Crippen molar-refractivity contribution in [3.8, 4) is 11.5 Å². The van der Waals surface area contributed by atoms with Gasteiger partial charge in [-0.3, -0.25) is 0 Å². The molecule has 0 aliphatic rings. The molecule has 106 valence electrons. The summed E-state index contributed by atoms with van der Waals surface area (Å²) in [4.78, 5) is 0. The summed E-state index contributed by atoms with van der Waals surface area (Å²) in [6.45, 7) is 2.12. The molecule has 0 bridgehead atoms. The fraction of sp³-hybridized carbons (Fsp3) is 0.250. The third kappa shape index (κ3) is 3.56. The molecule has 0 heterocycles. The molecule has 0 amide bonds. The van der Waals surface area contributed by atoms with Crippen LogP contribution >= 0.6 is 22.6 Å². The minimum atomic E-state index is 0.147. The van der Waals surface area contributed by atoms with Gasteiger partial charge in [0.25, 0.3) is 0 Å². The Bertz CT molecular complexity index is 586. The van der Waals surface area contributed by atoms with Crippen molar-refractivity contribution in [1.29, 1.82) is 0 Å². The van der Waals surface area contributed by atoms with E-state index < -0.39 is 0 Å². The third-order valence-corrected chi connectivity index (χ3v) is 3.79. The van der Waals surface area contributed by atoms with Crippen LogP contribution in [0.3, 0.4) is 0 Å². The zero-order chi connectivity index (χ0) is 14.5. The molecular formula is C16H18INO2. The second-order valence-corrected chi connectivity index (χ2v) is 5.73. The Morgan fingerprint density at radius 3 is 2.50 bits per heavy atom. The zero-order valence-corrected chi connectivity index (χ0v) is 14.0. The molecule has 0 aliphatic heterocycles. The van der Waals surface area contributed by atoms with E-state index in [0.717, 1.165) is 22.7 Å². The van der Waals surface area contributed by atoms with E-state index in [9.17, 15) is 0 Å². The lowest BCUT2D eigenvalue weighted by Crippen LogP contribution is -2.08. The largest absolute Gasteiger partial charge is 0.497 e. The van der Waals surface area contributed by atoms with E-state index in [2.05, 4.69) is 53.0 Å². The summed E-state index contributed by atoms with van der Waals surface area (Å²) in [6.07, 6.45) is 0. The molecule has 0 aromatic heterocycles. The number of hydrogen-bond donors (Lipinski definition) is 1. The van der Waals surface area contributed by atoms with Gasteiger partial charge in [-0.1, -0.05) is 6.07 Å². The average molecular weight is 383 g/mol. The fourth-order valence-electron chi connectivity index (χ4n) is 2.08. The summed E-state index contributed by atoms with van der Waals surface area (Å²) in [7, 11) is 3.33. The Morgan fingerprint density at radius 2 is 1.85 bits per heavy atom. The van der Waals surface area contributed by atoms with Gasteiger partial charge in [-0.15, -0.1) is 0 Å². The quantitative estimate of drug-likeness (QED) is 0.773. The summed E-state index contributed by atoms with van der Waals surface area (Å²) in [5.41, 5.74) is 2.20. The summed E-state index contributed by atoms with van der Waals surface area (Å²) in [5.74, 6) is 1.63. The van der Waals surface area contributed by atoms with Gasteiger partial charge in [0, 0.05) is 20.9 Å². The van der Waals surface area contributed by atoms with Crippen LogP contribution in [0.25, 0.3) is 0 Å². The molecule has 0 saturated carbocycles. The second-order valence-electron chi connectivity index (χ2n) is 4.48. The molecule has 0 fully saturated rings. The van der Waals surface area contributed by atoms with Crippen LogP contribution in [0.5, 0.6) is 11.5 Å². The number of nitrogens with one attached hydrogen (secondary N) is 1. The Hall–Kier alpha value is -1.43. The Balaban J connectivity index is 2.22. The van der Waals surface area contributed by atoms with Crippen molar-refractivity contribution in [2.75, 3.05) is 19.5 Å². The highest BCUT2D eigenvalue weighted by Gasteiger charge is 2.12. The van der Waals surface area contributed by atoms with Crippen LogP contribution < -0.4 is 14.8 Å². The van der Waals surface area contributed by atoms with Crippen molar-refractivity contribution >= 4 is 28.3 Å². The molecule has 2 rings (SSSR count). The Kier molecular flexibility index (Phi) is 5.11. The number of ether oxygens (including phenoxy) is 2. The van der Waals surface area contributed by atoms with Gasteiger partial charge < -0.3 is 14.8 Å². The number of halogens is 1. The predicted octanol–water partition coefficient (Wildman–Crippen LogP) is 4.48. The zero-order valence-electron chi connectivity index (χ0n) is 11.8. The number of methoxy groups -OCH3 is 2. The summed E-state index contributed by atoms with van der Waals surface area (Å²) in [5, 5.41) is 3.49. The molecule has 1 unspecified atom stereocenters. The molecule has 0 saturated heterocycles. The first-order valence-electron chi connectivity index (χ1n) is 6.38. The molecule has 0 aliphatic carbocycles. The van der Waals surface area contributed by atoms with Crippen LogP contribution in [0, 0.1) is 3.57 Å². The Morgan fingerprint density at radius 1 is 1.05 bits per heavy atom. The lowest BCUT2D eigenvalue weighted by atomic mass is 10.1. The van der Waals surface area contributed by atoms with E-state index in [0.29, 0.717) is 0 Å². The van der Waals surface area contributed by atoms with Crippen molar-refractivity contribution < 1.29 is 9.47 Å². The van der Waals surface area contributed by atoms with Crippen LogP contribution in [0.15, 0.2) is 42.5 Å². The van der Waals surface area contributed by atoms with Crippen molar-refractivity contribution in [3.63, 3.8) is 0 Å². The maximum atomic E-state index is 5.45. The minimum Gasteiger partial charge on any atom is -0.497 e. The standard InChI is InChI=1S/C16H18INO2/c1-11(18-13-6-4-5-12(17)9-13)15-8-7-14(19-2)10-16(15)20-3/h4-11,18H,1-3H3. The smallest absolute Gasteiger partial charge is 0.127 e. The third-order valence-electron chi connectivity index (χ3n) is 3.11. The lowest BCUT2D eigenvalue weighted by molar-refractivity contribution is 0.390. The number of rotatable bonds is 5. The van der Waals surface area contributed by atoms with Gasteiger partial charge in [-0.25, -0.2) is 0 Å². The van der Waals surface area contributed by atoms with Crippen LogP contribution in [0.4, 0.5) is 5.69 Å². The summed E-state index contributed by atoms with van der Waals surface area (Å²) in [6, 6.07) is 14.3. The van der Waals surface area contributed by atoms with Gasteiger partial charge in [0.15, 0.2) is 0 Å². The maximum absolute atomic E-state index is 5.45. The number of benzene rings is 2. The van der Waals surface area contributed by atoms with E-state index in [1.54, 1.807) is 14.2 Å². The molecule has 1 atom stereocenters. The molecule has 3 nitrogen and oxygen atoms in total. The first-order valence-corrected chi connectivity index (χ1v) is 7.46. The van der Waals surface area contributed by atoms with Crippen molar-refractivity contribution in [2.24, 2.45) is 0 Å². The van der Waals surface area contributed by atoms with Gasteiger partial charge in [0.1, 0.15) is 11.5 Å².